The van der Waals surface area contributed by atoms with Crippen LogP contribution in [0, 0.1) is 0 Å². The number of rotatable bonds is 64. The van der Waals surface area contributed by atoms with Gasteiger partial charge in [0.1, 0.15) is 13.2 Å². The zero-order chi connectivity index (χ0) is 56.4. The number of hydrogen-bond donors (Lipinski definition) is 0. The van der Waals surface area contributed by atoms with Crippen LogP contribution in [-0.4, -0.2) is 37.2 Å². The smallest absolute Gasteiger partial charge is 0.306 e. The van der Waals surface area contributed by atoms with Crippen molar-refractivity contribution in [1.82, 2.24) is 0 Å². The van der Waals surface area contributed by atoms with E-state index in [2.05, 4.69) is 69.4 Å². The first kappa shape index (κ1) is 75.4. The molecule has 0 aromatic carbocycles. The van der Waals surface area contributed by atoms with Crippen molar-refractivity contribution >= 4 is 17.9 Å². The van der Waals surface area contributed by atoms with E-state index in [-0.39, 0.29) is 31.1 Å². The van der Waals surface area contributed by atoms with E-state index in [9.17, 15) is 14.4 Å². The fourth-order valence-corrected chi connectivity index (χ4v) is 10.3. The Balaban J connectivity index is 4.25. The summed E-state index contributed by atoms with van der Waals surface area (Å²) in [6.45, 7) is 6.62. The second-order valence-electron chi connectivity index (χ2n) is 23.4. The number of allylic oxidation sites excluding steroid dienone is 8. The topological polar surface area (TPSA) is 78.9 Å². The number of unbranched alkanes of at least 4 members (excludes halogenated alkanes) is 45. The molecule has 456 valence electrons. The molecule has 0 aliphatic rings. The van der Waals surface area contributed by atoms with Crippen LogP contribution in [0.25, 0.3) is 0 Å². The molecule has 0 heterocycles. The highest BCUT2D eigenvalue weighted by Gasteiger charge is 2.19. The first-order valence-corrected chi connectivity index (χ1v) is 34.6. The maximum absolute atomic E-state index is 12.9. The molecule has 0 N–H and O–H groups in total. The van der Waals surface area contributed by atoms with Crippen molar-refractivity contribution in [2.75, 3.05) is 13.2 Å². The Morgan fingerprint density at radius 3 is 0.756 bits per heavy atom. The van der Waals surface area contributed by atoms with Crippen molar-refractivity contribution < 1.29 is 28.6 Å². The quantitative estimate of drug-likeness (QED) is 0.0261. The number of esters is 3. The predicted molar refractivity (Wildman–Crippen MR) is 339 cm³/mol. The summed E-state index contributed by atoms with van der Waals surface area (Å²) in [7, 11) is 0. The van der Waals surface area contributed by atoms with Gasteiger partial charge in [0.15, 0.2) is 6.10 Å². The Kier molecular flexibility index (Phi) is 64.6. The van der Waals surface area contributed by atoms with Crippen molar-refractivity contribution in [3.05, 3.63) is 48.6 Å². The molecule has 0 aliphatic heterocycles. The van der Waals surface area contributed by atoms with Crippen LogP contribution in [0.3, 0.4) is 0 Å². The van der Waals surface area contributed by atoms with Gasteiger partial charge in [0.05, 0.1) is 0 Å². The van der Waals surface area contributed by atoms with E-state index in [1.807, 2.05) is 0 Å². The molecule has 0 rings (SSSR count). The molecule has 0 saturated carbocycles. The van der Waals surface area contributed by atoms with Gasteiger partial charge in [-0.2, -0.15) is 0 Å². The normalized spacial score (nSPS) is 12.3. The van der Waals surface area contributed by atoms with E-state index >= 15 is 0 Å². The fourth-order valence-electron chi connectivity index (χ4n) is 10.3. The van der Waals surface area contributed by atoms with Gasteiger partial charge < -0.3 is 14.2 Å². The van der Waals surface area contributed by atoms with Crippen LogP contribution >= 0.6 is 0 Å². The molecule has 0 aromatic rings. The van der Waals surface area contributed by atoms with Gasteiger partial charge in [-0.1, -0.05) is 326 Å². The summed E-state index contributed by atoms with van der Waals surface area (Å²) in [5.41, 5.74) is 0. The molecule has 0 amide bonds. The largest absolute Gasteiger partial charge is 0.462 e. The third kappa shape index (κ3) is 64.2. The van der Waals surface area contributed by atoms with E-state index in [1.54, 1.807) is 0 Å². The van der Waals surface area contributed by atoms with E-state index in [0.717, 1.165) is 89.9 Å². The van der Waals surface area contributed by atoms with Gasteiger partial charge in [-0.05, 0) is 77.0 Å². The SMILES string of the molecule is CCC/C=C\C/C=C\CCCCCCCC(=O)OCC(COC(=O)CCCCCCCCCCCCCCC/C=C\C/C=C\CCCCCCC)OC(=O)CCCCCCCCCCCCCCCCCCCCCCCC. The number of ether oxygens (including phenoxy) is 3. The van der Waals surface area contributed by atoms with Crippen molar-refractivity contribution in [2.45, 2.75) is 380 Å². The number of carbonyl (C=O) groups excluding carboxylic acids is 3. The van der Waals surface area contributed by atoms with Crippen LogP contribution in [0.15, 0.2) is 48.6 Å². The molecule has 0 bridgehead atoms. The minimum atomic E-state index is -0.778. The van der Waals surface area contributed by atoms with Crippen LogP contribution in [0.1, 0.15) is 374 Å². The average molecular weight is 1090 g/mol. The fraction of sp³-hybridized carbons (Fsp3) is 0.847. The van der Waals surface area contributed by atoms with E-state index in [4.69, 9.17) is 14.2 Å². The molecule has 6 heteroatoms. The van der Waals surface area contributed by atoms with Crippen LogP contribution in [0.4, 0.5) is 0 Å². The Hall–Kier alpha value is -2.63. The molecule has 0 saturated heterocycles. The molecule has 78 heavy (non-hydrogen) atoms. The molecule has 0 radical (unpaired) electrons. The monoisotopic (exact) mass is 1090 g/mol. The molecule has 0 aromatic heterocycles. The summed E-state index contributed by atoms with van der Waals surface area (Å²) in [4.78, 5) is 38.4. The summed E-state index contributed by atoms with van der Waals surface area (Å²) in [5.74, 6) is -0.864. The highest BCUT2D eigenvalue weighted by molar-refractivity contribution is 5.71. The summed E-state index contributed by atoms with van der Waals surface area (Å²) < 4.78 is 17.0. The van der Waals surface area contributed by atoms with Crippen molar-refractivity contribution in [3.63, 3.8) is 0 Å². The molecule has 0 aliphatic carbocycles. The van der Waals surface area contributed by atoms with E-state index < -0.39 is 6.10 Å². The summed E-state index contributed by atoms with van der Waals surface area (Å²) in [6, 6.07) is 0. The van der Waals surface area contributed by atoms with Gasteiger partial charge in [0, 0.05) is 19.3 Å². The van der Waals surface area contributed by atoms with Crippen molar-refractivity contribution in [1.29, 1.82) is 0 Å². The minimum absolute atomic E-state index is 0.0739. The lowest BCUT2D eigenvalue weighted by atomic mass is 10.0. The molecule has 0 fully saturated rings. The first-order valence-electron chi connectivity index (χ1n) is 34.6. The van der Waals surface area contributed by atoms with E-state index in [0.29, 0.717) is 19.3 Å². The van der Waals surface area contributed by atoms with Crippen LogP contribution in [0.5, 0.6) is 0 Å². The van der Waals surface area contributed by atoms with Gasteiger partial charge in [0.25, 0.3) is 0 Å². The lowest BCUT2D eigenvalue weighted by Crippen LogP contribution is -2.30. The van der Waals surface area contributed by atoms with Crippen molar-refractivity contribution in [2.24, 2.45) is 0 Å². The zero-order valence-electron chi connectivity index (χ0n) is 52.5. The molecular weight excluding hydrogens is 961 g/mol. The second-order valence-corrected chi connectivity index (χ2v) is 23.4. The third-order valence-corrected chi connectivity index (χ3v) is 15.5. The number of carbonyl (C=O) groups is 3. The van der Waals surface area contributed by atoms with Gasteiger partial charge >= 0.3 is 17.9 Å². The highest BCUT2D eigenvalue weighted by Crippen LogP contribution is 2.18. The van der Waals surface area contributed by atoms with Gasteiger partial charge in [-0.15, -0.1) is 0 Å². The van der Waals surface area contributed by atoms with Gasteiger partial charge in [-0.25, -0.2) is 0 Å². The summed E-state index contributed by atoms with van der Waals surface area (Å²) >= 11 is 0. The van der Waals surface area contributed by atoms with Crippen LogP contribution in [-0.2, 0) is 28.6 Å². The molecule has 0 spiro atoms. The first-order chi connectivity index (χ1) is 38.5. The number of hydrogen-bond acceptors (Lipinski definition) is 6. The minimum Gasteiger partial charge on any atom is -0.462 e. The Morgan fingerprint density at radius 2 is 0.487 bits per heavy atom. The van der Waals surface area contributed by atoms with Crippen molar-refractivity contribution in [3.8, 4) is 0 Å². The second kappa shape index (κ2) is 66.9. The standard InChI is InChI=1S/C72H132O6/c1-4-7-10-13-16-19-22-25-27-29-31-33-35-36-37-39-40-42-44-47-50-53-56-59-62-65-71(74)77-68-69(67-76-70(73)64-61-58-55-52-49-46-24-21-18-15-12-9-6-3)78-72(75)66-63-60-57-54-51-48-45-43-41-38-34-32-30-28-26-23-20-17-14-11-8-5-2/h12,15,21-22,24-25,29,31,69H,4-11,13-14,16-20,23,26-28,30,32-68H2,1-3H3/b15-12-,24-21-,25-22-,31-29-. The molecule has 6 nitrogen and oxygen atoms in total. The molecular formula is C72H132O6. The maximum Gasteiger partial charge on any atom is 0.306 e. The Morgan fingerprint density at radius 1 is 0.256 bits per heavy atom. The predicted octanol–water partition coefficient (Wildman–Crippen LogP) is 23.7. The lowest BCUT2D eigenvalue weighted by Gasteiger charge is -2.18. The molecule has 1 atom stereocenters. The Bertz CT molecular complexity index is 1350. The van der Waals surface area contributed by atoms with E-state index in [1.165, 1.54) is 244 Å². The lowest BCUT2D eigenvalue weighted by molar-refractivity contribution is -0.167. The third-order valence-electron chi connectivity index (χ3n) is 15.5. The average Bonchev–Trinajstić information content (AvgIpc) is 3.44. The summed E-state index contributed by atoms with van der Waals surface area (Å²) in [6.07, 6.45) is 84.2. The highest BCUT2D eigenvalue weighted by atomic mass is 16.6. The summed E-state index contributed by atoms with van der Waals surface area (Å²) in [5, 5.41) is 0. The van der Waals surface area contributed by atoms with Crippen LogP contribution in [0.2, 0.25) is 0 Å². The van der Waals surface area contributed by atoms with Crippen LogP contribution < -0.4 is 0 Å². The molecule has 1 unspecified atom stereocenters. The maximum atomic E-state index is 12.9. The zero-order valence-corrected chi connectivity index (χ0v) is 52.5. The van der Waals surface area contributed by atoms with Gasteiger partial charge in [0.2, 0.25) is 0 Å². The Labute approximate surface area is 486 Å². The van der Waals surface area contributed by atoms with Gasteiger partial charge in [-0.3, -0.25) is 14.4 Å².